The molecule has 0 saturated carbocycles. The summed E-state index contributed by atoms with van der Waals surface area (Å²) in [7, 11) is 0. The third-order valence-electron chi connectivity index (χ3n) is 12.6. The van der Waals surface area contributed by atoms with E-state index in [2.05, 4.69) is 16.0 Å². The van der Waals surface area contributed by atoms with Gasteiger partial charge in [-0.3, -0.25) is 14.4 Å². The molecule has 0 bridgehead atoms. The summed E-state index contributed by atoms with van der Waals surface area (Å²) in [5.41, 5.74) is 0. The second kappa shape index (κ2) is 25.6. The van der Waals surface area contributed by atoms with Gasteiger partial charge in [0.1, 0.15) is 122 Å². The van der Waals surface area contributed by atoms with E-state index in [1.807, 2.05) is 0 Å². The van der Waals surface area contributed by atoms with E-state index in [0.29, 0.717) is 0 Å². The van der Waals surface area contributed by atoms with Gasteiger partial charge >= 0.3 is 5.97 Å². The van der Waals surface area contributed by atoms with Crippen LogP contribution >= 0.6 is 0 Å². The first-order chi connectivity index (χ1) is 33.9. The van der Waals surface area contributed by atoms with Gasteiger partial charge in [0.2, 0.25) is 17.7 Å². The maximum absolute atomic E-state index is 12.8. The average molecular weight is 1060 g/mol. The van der Waals surface area contributed by atoms with E-state index in [-0.39, 0.29) is 0 Å². The molecule has 3 amide bonds. The zero-order chi connectivity index (χ0) is 53.7. The summed E-state index contributed by atoms with van der Waals surface area (Å²) in [6.07, 6.45) is -44.7. The highest BCUT2D eigenvalue weighted by atomic mass is 16.8. The van der Waals surface area contributed by atoms with Crippen LogP contribution in [0.1, 0.15) is 20.3 Å². The smallest absolute Gasteiger partial charge is 0.364 e. The predicted octanol–water partition coefficient (Wildman–Crippen LogP) is -13.3. The molecule has 33 heteroatoms. The van der Waals surface area contributed by atoms with Gasteiger partial charge in [0.05, 0.1) is 45.2 Å². The van der Waals surface area contributed by atoms with Crippen LogP contribution in [0.25, 0.3) is 0 Å². The molecule has 5 fully saturated rings. The molecule has 0 aromatic rings. The minimum Gasteiger partial charge on any atom is -0.477 e. The van der Waals surface area contributed by atoms with Gasteiger partial charge in [-0.2, -0.15) is 0 Å². The molecule has 416 valence electrons. The Morgan fingerprint density at radius 1 is 0.583 bits per heavy atom. The molecular weight excluding hydrogens is 990 g/mol. The van der Waals surface area contributed by atoms with Crippen molar-refractivity contribution in [1.29, 1.82) is 0 Å². The van der Waals surface area contributed by atoms with Crippen molar-refractivity contribution < 1.29 is 149 Å². The number of carbonyl (C=O) groups excluding carboxylic acids is 3. The number of amides is 3. The highest BCUT2D eigenvalue weighted by Gasteiger charge is 2.59. The molecule has 5 aliphatic rings. The van der Waals surface area contributed by atoms with Crippen molar-refractivity contribution in [3.05, 3.63) is 0 Å². The molecule has 5 saturated heterocycles. The largest absolute Gasteiger partial charge is 0.477 e. The van der Waals surface area contributed by atoms with Gasteiger partial charge < -0.3 is 145 Å². The zero-order valence-corrected chi connectivity index (χ0v) is 38.3. The van der Waals surface area contributed by atoms with Crippen molar-refractivity contribution in [2.75, 3.05) is 39.6 Å². The SMILES string of the molecule is CC(=O)N[C@@H]1[C@@H](O[C@@H]2O[C@H](CO)[C@H](O[C@@H]3O[C@H](CO)[C@H](O)[C@H](O[C@@H]4O[C@H](CO)[C@H](O)[C@H](O)[C@H]4NC(C)=O)[C@H]3O)[C@H](O)[C@H]2O)[C@@H](O)[C@@H](CO[C@]2(C(=O)O)C[C@H](O)[C@@H](NC(=O)CO)[C@H]([C@H](O)[C@H](O)CO)O2)O[C@@H]1O. The molecule has 5 aliphatic heterocycles. The van der Waals surface area contributed by atoms with E-state index in [1.165, 1.54) is 0 Å². The Bertz CT molecular complexity index is 1790. The molecule has 33 nitrogen and oxygen atoms in total. The van der Waals surface area contributed by atoms with Crippen LogP contribution in [0.3, 0.4) is 0 Å². The number of aliphatic carboxylic acids is 1. The number of hydrogen-bond donors (Lipinski definition) is 20. The van der Waals surface area contributed by atoms with Crippen LogP contribution in [0.15, 0.2) is 0 Å². The van der Waals surface area contributed by atoms with Crippen molar-refractivity contribution in [2.45, 2.75) is 179 Å². The van der Waals surface area contributed by atoms with Gasteiger partial charge in [-0.25, -0.2) is 4.79 Å². The molecule has 0 aromatic heterocycles. The van der Waals surface area contributed by atoms with Gasteiger partial charge in [-0.15, -0.1) is 0 Å². The number of carboxylic acids is 1. The van der Waals surface area contributed by atoms with Crippen molar-refractivity contribution in [3.8, 4) is 0 Å². The van der Waals surface area contributed by atoms with E-state index in [4.69, 9.17) is 42.6 Å². The first-order valence-electron chi connectivity index (χ1n) is 22.4. The summed E-state index contributed by atoms with van der Waals surface area (Å²) in [4.78, 5) is 49.1. The molecular formula is C39H65N3O30. The van der Waals surface area contributed by atoms with Gasteiger partial charge in [0.15, 0.2) is 25.2 Å². The summed E-state index contributed by atoms with van der Waals surface area (Å²) in [5, 5.41) is 187. The van der Waals surface area contributed by atoms with E-state index >= 15 is 0 Å². The van der Waals surface area contributed by atoms with Crippen LogP contribution in [-0.4, -0.2) is 309 Å². The highest BCUT2D eigenvalue weighted by molar-refractivity contribution is 5.78. The first kappa shape index (κ1) is 59.8. The summed E-state index contributed by atoms with van der Waals surface area (Å²) in [5.74, 6) is -7.78. The lowest BCUT2D eigenvalue weighted by molar-refractivity contribution is -0.383. The van der Waals surface area contributed by atoms with Crippen LogP contribution in [0.5, 0.6) is 0 Å². The number of carbonyl (C=O) groups is 4. The lowest BCUT2D eigenvalue weighted by Crippen LogP contribution is -2.70. The number of hydrogen-bond acceptors (Lipinski definition) is 29. The summed E-state index contributed by atoms with van der Waals surface area (Å²) in [6, 6.07) is -5.09. The Labute approximate surface area is 406 Å². The Hall–Kier alpha value is -3.12. The third kappa shape index (κ3) is 13.1. The molecule has 5 rings (SSSR count). The number of aliphatic hydroxyl groups is 16. The molecule has 0 spiro atoms. The number of aliphatic hydroxyl groups excluding tert-OH is 16. The quantitative estimate of drug-likeness (QED) is 0.0538. The van der Waals surface area contributed by atoms with Crippen molar-refractivity contribution in [3.63, 3.8) is 0 Å². The van der Waals surface area contributed by atoms with Crippen LogP contribution in [0, 0.1) is 0 Å². The predicted molar refractivity (Wildman–Crippen MR) is 220 cm³/mol. The minimum absolute atomic E-state index is 0.754. The van der Waals surface area contributed by atoms with Gasteiger partial charge in [-0.1, -0.05) is 0 Å². The van der Waals surface area contributed by atoms with E-state index in [1.54, 1.807) is 0 Å². The summed E-state index contributed by atoms with van der Waals surface area (Å²) in [6.45, 7) is -4.34. The monoisotopic (exact) mass is 1060 g/mol. The van der Waals surface area contributed by atoms with E-state index in [9.17, 15) is 106 Å². The maximum Gasteiger partial charge on any atom is 0.364 e. The van der Waals surface area contributed by atoms with Crippen molar-refractivity contribution >= 4 is 23.7 Å². The Morgan fingerprint density at radius 2 is 1.11 bits per heavy atom. The van der Waals surface area contributed by atoms with Crippen LogP contribution < -0.4 is 16.0 Å². The second-order valence-corrected chi connectivity index (χ2v) is 17.6. The Balaban J connectivity index is 1.35. The lowest BCUT2D eigenvalue weighted by atomic mass is 9.88. The first-order valence-corrected chi connectivity index (χ1v) is 22.4. The van der Waals surface area contributed by atoms with Gasteiger partial charge in [0, 0.05) is 20.3 Å². The Kier molecular flexibility index (Phi) is 21.3. The second-order valence-electron chi connectivity index (χ2n) is 17.6. The molecule has 72 heavy (non-hydrogen) atoms. The number of nitrogens with one attached hydrogen (secondary N) is 3. The zero-order valence-electron chi connectivity index (χ0n) is 38.3. The fourth-order valence-electron chi connectivity index (χ4n) is 8.82. The molecule has 0 aliphatic carbocycles. The minimum atomic E-state index is -3.03. The van der Waals surface area contributed by atoms with Gasteiger partial charge in [0.25, 0.3) is 5.79 Å². The normalized spacial score (nSPS) is 44.6. The van der Waals surface area contributed by atoms with Crippen LogP contribution in [0.2, 0.25) is 0 Å². The molecule has 20 N–H and O–H groups in total. The maximum atomic E-state index is 12.8. The van der Waals surface area contributed by atoms with Crippen LogP contribution in [0.4, 0.5) is 0 Å². The third-order valence-corrected chi connectivity index (χ3v) is 12.6. The Morgan fingerprint density at radius 3 is 1.68 bits per heavy atom. The molecule has 5 heterocycles. The standard InChI is InChI=1S/C39H65N3O30/c1-10(48)40-20-26(57)23(54)14(5-44)66-35(20)71-33-24(55)15(6-45)67-37(29(33)60)69-30-16(7-46)68-36(28(59)27(30)58)70-31-21(41-11(2)49)34(61)65-17(25(31)56)9-64-39(38(62)63)3-12(50)19(42-18(52)8-47)32(72-39)22(53)13(51)4-43/h12-17,19-37,43-47,50-51,53-61H,3-9H2,1-2H3,(H,40,48)(H,41,49)(H,42,52)(H,62,63)/t12-,13+,14+,15+,16+,17+,19+,20+,21+,22+,23-,24-,25-,26+,27+,28+,29+,30-,31+,32+,33-,34-,35-,36-,37-,39+/m0/s1. The fourth-order valence-corrected chi connectivity index (χ4v) is 8.82. The molecule has 0 aromatic carbocycles. The molecule has 26 atom stereocenters. The number of ether oxygens (including phenoxy) is 9. The van der Waals surface area contributed by atoms with Crippen molar-refractivity contribution in [1.82, 2.24) is 16.0 Å². The topological polar surface area (TPSA) is 531 Å². The van der Waals surface area contributed by atoms with E-state index < -0.39 is 229 Å². The van der Waals surface area contributed by atoms with E-state index in [0.717, 1.165) is 13.8 Å². The number of carboxylic acid groups (broad SMARTS) is 1. The average Bonchev–Trinajstić information content (AvgIpc) is 3.34. The molecule has 0 radical (unpaired) electrons. The summed E-state index contributed by atoms with van der Waals surface area (Å²) < 4.78 is 50.6. The summed E-state index contributed by atoms with van der Waals surface area (Å²) >= 11 is 0. The highest BCUT2D eigenvalue weighted by Crippen LogP contribution is 2.37. The number of rotatable bonds is 20. The van der Waals surface area contributed by atoms with Crippen LogP contribution in [-0.2, 0) is 61.8 Å². The van der Waals surface area contributed by atoms with Crippen molar-refractivity contribution in [2.24, 2.45) is 0 Å². The fraction of sp³-hybridized carbons (Fsp3) is 0.897. The van der Waals surface area contributed by atoms with Gasteiger partial charge in [-0.05, 0) is 0 Å². The molecule has 0 unspecified atom stereocenters. The lowest BCUT2D eigenvalue weighted by Gasteiger charge is -2.50.